The van der Waals surface area contributed by atoms with Crippen molar-refractivity contribution < 1.29 is 14.7 Å². The number of aliphatic hydroxyl groups excluding tert-OH is 1. The maximum atomic E-state index is 12.5. The lowest BCUT2D eigenvalue weighted by atomic mass is 9.71. The summed E-state index contributed by atoms with van der Waals surface area (Å²) in [6, 6.07) is 3.47. The fourth-order valence-corrected chi connectivity index (χ4v) is 3.37. The summed E-state index contributed by atoms with van der Waals surface area (Å²) in [6.45, 7) is 1.22. The van der Waals surface area contributed by atoms with Gasteiger partial charge in [-0.15, -0.1) is 0 Å². The van der Waals surface area contributed by atoms with Gasteiger partial charge in [0.05, 0.1) is 17.1 Å². The second-order valence-electron chi connectivity index (χ2n) is 5.96. The monoisotopic (exact) mass is 302 g/mol. The number of likely N-dealkylation sites (tertiary alicyclic amines) is 1. The molecule has 0 unspecified atom stereocenters. The van der Waals surface area contributed by atoms with E-state index >= 15 is 0 Å². The Bertz CT molecular complexity index is 647. The molecule has 7 nitrogen and oxygen atoms in total. The molecule has 1 aromatic heterocycles. The minimum absolute atomic E-state index is 0.173. The third-order valence-electron chi connectivity index (χ3n) is 4.65. The quantitative estimate of drug-likeness (QED) is 0.677. The lowest BCUT2D eigenvalue weighted by Gasteiger charge is -2.46. The van der Waals surface area contributed by atoms with Crippen molar-refractivity contribution in [2.45, 2.75) is 25.4 Å². The summed E-state index contributed by atoms with van der Waals surface area (Å²) in [5.41, 5.74) is -0.179. The number of nitriles is 1. The van der Waals surface area contributed by atoms with Crippen LogP contribution in [0.4, 0.5) is 0 Å². The summed E-state index contributed by atoms with van der Waals surface area (Å²) in [5, 5.41) is 21.9. The van der Waals surface area contributed by atoms with Gasteiger partial charge in [0.2, 0.25) is 5.91 Å². The molecule has 2 aliphatic heterocycles. The molecule has 0 bridgehead atoms. The van der Waals surface area contributed by atoms with Crippen LogP contribution in [0.1, 0.15) is 35.3 Å². The molecule has 7 heteroatoms. The minimum Gasteiger partial charge on any atom is -0.392 e. The summed E-state index contributed by atoms with van der Waals surface area (Å²) in [4.78, 5) is 29.2. The van der Waals surface area contributed by atoms with Gasteiger partial charge in [-0.1, -0.05) is 0 Å². The molecule has 0 saturated carbocycles. The predicted molar refractivity (Wildman–Crippen MR) is 76.7 cm³/mol. The SMILES string of the molecule is N#Cc1c[nH]c(C(=O)N2CC[C@@H](O)[C@@]3(CCCNC3=O)C2)c1. The number of carbonyl (C=O) groups excluding carboxylic acids is 2. The minimum atomic E-state index is -0.906. The second kappa shape index (κ2) is 5.46. The van der Waals surface area contributed by atoms with Crippen LogP contribution in [0.5, 0.6) is 0 Å². The van der Waals surface area contributed by atoms with E-state index < -0.39 is 11.5 Å². The Balaban J connectivity index is 1.82. The summed E-state index contributed by atoms with van der Waals surface area (Å²) in [7, 11) is 0. The number of amides is 2. The molecule has 2 aliphatic rings. The van der Waals surface area contributed by atoms with Crippen molar-refractivity contribution in [3.8, 4) is 6.07 Å². The molecule has 3 N–H and O–H groups in total. The average Bonchev–Trinajstić information content (AvgIpc) is 3.01. The molecule has 0 radical (unpaired) electrons. The Morgan fingerprint density at radius 3 is 3.05 bits per heavy atom. The Kier molecular flexibility index (Phi) is 3.62. The van der Waals surface area contributed by atoms with Crippen LogP contribution < -0.4 is 5.32 Å². The van der Waals surface area contributed by atoms with Gasteiger partial charge in [-0.2, -0.15) is 5.26 Å². The van der Waals surface area contributed by atoms with E-state index in [1.165, 1.54) is 12.3 Å². The molecular weight excluding hydrogens is 284 g/mol. The number of aromatic nitrogens is 1. The molecule has 116 valence electrons. The van der Waals surface area contributed by atoms with Crippen molar-refractivity contribution in [1.82, 2.24) is 15.2 Å². The maximum absolute atomic E-state index is 12.5. The van der Waals surface area contributed by atoms with Gasteiger partial charge in [0.25, 0.3) is 5.91 Å². The molecule has 3 heterocycles. The largest absolute Gasteiger partial charge is 0.392 e. The normalized spacial score (nSPS) is 28.3. The van der Waals surface area contributed by atoms with E-state index in [1.54, 1.807) is 4.90 Å². The molecule has 3 rings (SSSR count). The summed E-state index contributed by atoms with van der Waals surface area (Å²) in [5.74, 6) is -0.418. The number of aliphatic hydroxyl groups is 1. The van der Waals surface area contributed by atoms with E-state index in [-0.39, 0.29) is 18.4 Å². The highest BCUT2D eigenvalue weighted by atomic mass is 16.3. The van der Waals surface area contributed by atoms with E-state index in [0.29, 0.717) is 37.2 Å². The van der Waals surface area contributed by atoms with Gasteiger partial charge in [0, 0.05) is 25.8 Å². The lowest BCUT2D eigenvalue weighted by Crippen LogP contribution is -2.62. The maximum Gasteiger partial charge on any atom is 0.270 e. The molecule has 2 amide bonds. The highest BCUT2D eigenvalue weighted by Gasteiger charge is 2.50. The first-order valence-electron chi connectivity index (χ1n) is 7.41. The van der Waals surface area contributed by atoms with Gasteiger partial charge >= 0.3 is 0 Å². The van der Waals surface area contributed by atoms with Crippen LogP contribution in [0, 0.1) is 16.7 Å². The van der Waals surface area contributed by atoms with Gasteiger partial charge in [0.1, 0.15) is 11.8 Å². The third kappa shape index (κ3) is 2.25. The van der Waals surface area contributed by atoms with Gasteiger partial charge in [-0.3, -0.25) is 9.59 Å². The summed E-state index contributed by atoms with van der Waals surface area (Å²) < 4.78 is 0. The van der Waals surface area contributed by atoms with E-state index in [0.717, 1.165) is 6.42 Å². The second-order valence-corrected chi connectivity index (χ2v) is 5.96. The lowest BCUT2D eigenvalue weighted by molar-refractivity contribution is -0.147. The number of carbonyl (C=O) groups is 2. The van der Waals surface area contributed by atoms with Crippen molar-refractivity contribution in [3.63, 3.8) is 0 Å². The predicted octanol–water partition coefficient (Wildman–Crippen LogP) is -0.0104. The molecule has 1 spiro atoms. The number of hydrogen-bond acceptors (Lipinski definition) is 4. The van der Waals surface area contributed by atoms with Crippen LogP contribution in [-0.2, 0) is 4.79 Å². The van der Waals surface area contributed by atoms with Crippen molar-refractivity contribution in [1.29, 1.82) is 5.26 Å². The number of hydrogen-bond donors (Lipinski definition) is 3. The number of nitrogens with zero attached hydrogens (tertiary/aromatic N) is 2. The van der Waals surface area contributed by atoms with Gasteiger partial charge in [-0.05, 0) is 25.3 Å². The van der Waals surface area contributed by atoms with Gasteiger partial charge in [-0.25, -0.2) is 0 Å². The zero-order valence-corrected chi connectivity index (χ0v) is 12.1. The van der Waals surface area contributed by atoms with Crippen molar-refractivity contribution in [2.24, 2.45) is 5.41 Å². The Morgan fingerprint density at radius 1 is 1.55 bits per heavy atom. The van der Waals surface area contributed by atoms with Crippen LogP contribution in [0.25, 0.3) is 0 Å². The molecule has 2 fully saturated rings. The van der Waals surface area contributed by atoms with Crippen LogP contribution >= 0.6 is 0 Å². The molecule has 0 aliphatic carbocycles. The highest BCUT2D eigenvalue weighted by molar-refractivity contribution is 5.94. The smallest absolute Gasteiger partial charge is 0.270 e. The summed E-state index contributed by atoms with van der Waals surface area (Å²) in [6.07, 6.45) is 2.51. The summed E-state index contributed by atoms with van der Waals surface area (Å²) >= 11 is 0. The van der Waals surface area contributed by atoms with Crippen molar-refractivity contribution in [3.05, 3.63) is 23.5 Å². The van der Waals surface area contributed by atoms with Gasteiger partial charge < -0.3 is 20.3 Å². The fraction of sp³-hybridized carbons (Fsp3) is 0.533. The van der Waals surface area contributed by atoms with E-state index in [1.807, 2.05) is 6.07 Å². The molecule has 0 aromatic carbocycles. The van der Waals surface area contributed by atoms with E-state index in [2.05, 4.69) is 10.3 Å². The zero-order valence-electron chi connectivity index (χ0n) is 12.1. The number of rotatable bonds is 1. The van der Waals surface area contributed by atoms with Crippen molar-refractivity contribution in [2.75, 3.05) is 19.6 Å². The number of H-pyrrole nitrogens is 1. The first-order valence-corrected chi connectivity index (χ1v) is 7.41. The average molecular weight is 302 g/mol. The Morgan fingerprint density at radius 2 is 2.36 bits per heavy atom. The number of nitrogens with one attached hydrogen (secondary N) is 2. The Labute approximate surface area is 127 Å². The standard InChI is InChI=1S/C15H18N4O3/c16-7-10-6-11(18-8-10)13(21)19-5-2-12(20)15(9-19)3-1-4-17-14(15)22/h6,8,12,18,20H,1-5,9H2,(H,17,22)/t12-,15-/m1/s1. The van der Waals surface area contributed by atoms with E-state index in [4.69, 9.17) is 5.26 Å². The first-order chi connectivity index (χ1) is 10.6. The van der Waals surface area contributed by atoms with Crippen LogP contribution in [0.3, 0.4) is 0 Å². The van der Waals surface area contributed by atoms with Crippen molar-refractivity contribution >= 4 is 11.8 Å². The molecular formula is C15H18N4O3. The molecule has 2 atom stereocenters. The topological polar surface area (TPSA) is 109 Å². The first kappa shape index (κ1) is 14.6. The fourth-order valence-electron chi connectivity index (χ4n) is 3.37. The van der Waals surface area contributed by atoms with E-state index in [9.17, 15) is 14.7 Å². The van der Waals surface area contributed by atoms with Crippen LogP contribution in [0.2, 0.25) is 0 Å². The zero-order chi connectivity index (χ0) is 15.7. The van der Waals surface area contributed by atoms with Crippen LogP contribution in [0.15, 0.2) is 12.3 Å². The number of piperidine rings is 2. The number of aromatic amines is 1. The third-order valence-corrected chi connectivity index (χ3v) is 4.65. The highest BCUT2D eigenvalue weighted by Crippen LogP contribution is 2.37. The van der Waals surface area contributed by atoms with Gasteiger partial charge in [0.15, 0.2) is 0 Å². The molecule has 22 heavy (non-hydrogen) atoms. The molecule has 1 aromatic rings. The Hall–Kier alpha value is -2.33. The van der Waals surface area contributed by atoms with Crippen LogP contribution in [-0.4, -0.2) is 52.5 Å². The molecule has 2 saturated heterocycles.